The number of rotatable bonds is 1. The molecule has 0 unspecified atom stereocenters. The molecular formula is C10H13ClN4O. The monoisotopic (exact) mass is 240 g/mol. The van der Waals surface area contributed by atoms with Gasteiger partial charge in [-0.3, -0.25) is 4.90 Å². The highest BCUT2D eigenvalue weighted by Crippen LogP contribution is 2.26. The average molecular weight is 241 g/mol. The third-order valence-electron chi connectivity index (χ3n) is 1.98. The number of benzene rings is 1. The molecule has 1 aromatic rings. The lowest BCUT2D eigenvalue weighted by molar-refractivity contribution is 0.255. The molecule has 5 nitrogen and oxygen atoms in total. The summed E-state index contributed by atoms with van der Waals surface area (Å²) in [7, 11) is 1.55. The van der Waals surface area contributed by atoms with Crippen molar-refractivity contribution < 1.29 is 4.79 Å². The van der Waals surface area contributed by atoms with Crippen LogP contribution < -0.4 is 16.4 Å². The summed E-state index contributed by atoms with van der Waals surface area (Å²) in [5.41, 5.74) is 11.8. The zero-order valence-corrected chi connectivity index (χ0v) is 9.82. The number of guanidine groups is 1. The van der Waals surface area contributed by atoms with Crippen molar-refractivity contribution in [3.05, 3.63) is 28.8 Å². The maximum atomic E-state index is 11.5. The van der Waals surface area contributed by atoms with Crippen molar-refractivity contribution in [2.75, 3.05) is 11.9 Å². The lowest BCUT2D eigenvalue weighted by Gasteiger charge is -2.16. The van der Waals surface area contributed by atoms with Crippen molar-refractivity contribution in [3.8, 4) is 0 Å². The summed E-state index contributed by atoms with van der Waals surface area (Å²) in [5.74, 6) is -0.278. The maximum Gasteiger partial charge on any atom is 0.351 e. The highest BCUT2D eigenvalue weighted by atomic mass is 35.5. The van der Waals surface area contributed by atoms with E-state index in [4.69, 9.17) is 23.1 Å². The number of aryl methyl sites for hydroxylation is 1. The molecule has 0 aliphatic carbocycles. The lowest BCUT2D eigenvalue weighted by atomic mass is 10.2. The zero-order valence-electron chi connectivity index (χ0n) is 9.07. The van der Waals surface area contributed by atoms with Crippen LogP contribution in [0.25, 0.3) is 0 Å². The minimum atomic E-state index is -0.564. The molecule has 1 aromatic carbocycles. The van der Waals surface area contributed by atoms with Crippen molar-refractivity contribution in [3.63, 3.8) is 0 Å². The predicted octanol–water partition coefficient (Wildman–Crippen LogP) is 1.48. The Kier molecular flexibility index (Phi) is 3.73. The Labute approximate surface area is 98.7 Å². The van der Waals surface area contributed by atoms with Crippen LogP contribution in [-0.4, -0.2) is 19.0 Å². The second kappa shape index (κ2) is 4.85. The Morgan fingerprint density at radius 1 is 1.44 bits per heavy atom. The van der Waals surface area contributed by atoms with Crippen LogP contribution in [0.3, 0.4) is 0 Å². The van der Waals surface area contributed by atoms with Crippen molar-refractivity contribution in [2.45, 2.75) is 6.92 Å². The van der Waals surface area contributed by atoms with Gasteiger partial charge in [0.1, 0.15) is 0 Å². The van der Waals surface area contributed by atoms with Gasteiger partial charge in [0.05, 0.1) is 10.7 Å². The first kappa shape index (κ1) is 12.3. The molecule has 0 saturated heterocycles. The van der Waals surface area contributed by atoms with E-state index in [0.29, 0.717) is 10.7 Å². The predicted molar refractivity (Wildman–Crippen MR) is 65.8 cm³/mol. The molecule has 1 rings (SSSR count). The third kappa shape index (κ3) is 2.87. The Morgan fingerprint density at radius 2 is 2.06 bits per heavy atom. The van der Waals surface area contributed by atoms with Crippen LogP contribution >= 0.6 is 11.6 Å². The van der Waals surface area contributed by atoms with E-state index in [-0.39, 0.29) is 5.96 Å². The van der Waals surface area contributed by atoms with Gasteiger partial charge in [-0.15, -0.1) is 0 Å². The van der Waals surface area contributed by atoms with Crippen molar-refractivity contribution in [2.24, 2.45) is 16.5 Å². The first-order chi connectivity index (χ1) is 7.41. The van der Waals surface area contributed by atoms with E-state index in [2.05, 4.69) is 4.99 Å². The van der Waals surface area contributed by atoms with Crippen LogP contribution in [0.2, 0.25) is 5.02 Å². The summed E-state index contributed by atoms with van der Waals surface area (Å²) < 4.78 is 0. The standard InChI is InChI=1S/C10H13ClN4O/c1-6-3-4-8(7(11)5-6)15(2)10(16)14-9(12)13/h3-5H,1-2H3,(H4,12,13,14,16). The van der Waals surface area contributed by atoms with E-state index >= 15 is 0 Å². The summed E-state index contributed by atoms with van der Waals surface area (Å²) in [4.78, 5) is 16.2. The molecule has 0 heterocycles. The molecule has 0 fully saturated rings. The van der Waals surface area contributed by atoms with E-state index in [1.54, 1.807) is 19.2 Å². The van der Waals surface area contributed by atoms with E-state index in [1.165, 1.54) is 4.90 Å². The van der Waals surface area contributed by atoms with Gasteiger partial charge in [-0.1, -0.05) is 17.7 Å². The number of hydrogen-bond acceptors (Lipinski definition) is 1. The topological polar surface area (TPSA) is 84.7 Å². The van der Waals surface area contributed by atoms with Crippen LogP contribution in [0.15, 0.2) is 23.2 Å². The van der Waals surface area contributed by atoms with Crippen LogP contribution in [-0.2, 0) is 0 Å². The number of halogens is 1. The van der Waals surface area contributed by atoms with E-state index in [9.17, 15) is 4.79 Å². The molecule has 6 heteroatoms. The largest absolute Gasteiger partial charge is 0.370 e. The maximum absolute atomic E-state index is 11.5. The number of amides is 2. The van der Waals surface area contributed by atoms with Gasteiger partial charge >= 0.3 is 6.03 Å². The number of urea groups is 1. The quantitative estimate of drug-likeness (QED) is 0.576. The normalized spacial score (nSPS) is 9.69. The smallest absolute Gasteiger partial charge is 0.351 e. The lowest BCUT2D eigenvalue weighted by Crippen LogP contribution is -2.30. The molecule has 0 bridgehead atoms. The zero-order chi connectivity index (χ0) is 12.3. The molecule has 0 atom stereocenters. The molecule has 0 radical (unpaired) electrons. The van der Waals surface area contributed by atoms with E-state index in [0.717, 1.165) is 5.56 Å². The third-order valence-corrected chi connectivity index (χ3v) is 2.28. The Hall–Kier alpha value is -1.75. The molecule has 0 aliphatic heterocycles. The molecule has 86 valence electrons. The van der Waals surface area contributed by atoms with Crippen LogP contribution in [0.1, 0.15) is 5.56 Å². The Balaban J connectivity index is 3.01. The molecule has 2 amide bonds. The minimum absolute atomic E-state index is 0.278. The molecule has 4 N–H and O–H groups in total. The summed E-state index contributed by atoms with van der Waals surface area (Å²) in [6, 6.07) is 4.78. The van der Waals surface area contributed by atoms with Crippen molar-refractivity contribution >= 4 is 29.3 Å². The number of carbonyl (C=O) groups excluding carboxylic acids is 1. The second-order valence-electron chi connectivity index (χ2n) is 3.33. The van der Waals surface area contributed by atoms with E-state index < -0.39 is 6.03 Å². The van der Waals surface area contributed by atoms with Gasteiger partial charge in [0, 0.05) is 7.05 Å². The molecular weight excluding hydrogens is 228 g/mol. The molecule has 16 heavy (non-hydrogen) atoms. The summed E-state index contributed by atoms with van der Waals surface area (Å²) >= 11 is 6.00. The number of anilines is 1. The van der Waals surface area contributed by atoms with Crippen molar-refractivity contribution in [1.29, 1.82) is 0 Å². The minimum Gasteiger partial charge on any atom is -0.370 e. The SMILES string of the molecule is Cc1ccc(N(C)C(=O)N=C(N)N)c(Cl)c1. The summed E-state index contributed by atoms with van der Waals surface area (Å²) in [5, 5.41) is 0.474. The number of carbonyl (C=O) groups is 1. The highest BCUT2D eigenvalue weighted by Gasteiger charge is 2.13. The molecule has 0 spiro atoms. The number of nitrogens with two attached hydrogens (primary N) is 2. The first-order valence-electron chi connectivity index (χ1n) is 4.55. The molecule has 0 saturated carbocycles. The van der Waals surface area contributed by atoms with Crippen LogP contribution in [0.4, 0.5) is 10.5 Å². The Bertz CT molecular complexity index is 440. The average Bonchev–Trinajstić information content (AvgIpc) is 2.15. The Morgan fingerprint density at radius 3 is 2.56 bits per heavy atom. The van der Waals surface area contributed by atoms with Crippen LogP contribution in [0.5, 0.6) is 0 Å². The first-order valence-corrected chi connectivity index (χ1v) is 4.93. The number of hydrogen-bond donors (Lipinski definition) is 2. The van der Waals surface area contributed by atoms with Gasteiger partial charge < -0.3 is 11.5 Å². The number of aliphatic imine (C=N–C) groups is 1. The van der Waals surface area contributed by atoms with Gasteiger partial charge in [0.2, 0.25) is 0 Å². The highest BCUT2D eigenvalue weighted by molar-refractivity contribution is 6.33. The molecule has 0 aromatic heterocycles. The van der Waals surface area contributed by atoms with Gasteiger partial charge in [-0.25, -0.2) is 4.79 Å². The fourth-order valence-electron chi connectivity index (χ4n) is 1.17. The molecule has 0 aliphatic rings. The summed E-state index contributed by atoms with van der Waals surface area (Å²) in [6.45, 7) is 1.91. The van der Waals surface area contributed by atoms with Crippen molar-refractivity contribution in [1.82, 2.24) is 0 Å². The fraction of sp³-hybridized carbons (Fsp3) is 0.200. The second-order valence-corrected chi connectivity index (χ2v) is 3.74. The van der Waals surface area contributed by atoms with Gasteiger partial charge in [0.25, 0.3) is 0 Å². The van der Waals surface area contributed by atoms with Gasteiger partial charge in [-0.2, -0.15) is 4.99 Å². The van der Waals surface area contributed by atoms with E-state index in [1.807, 2.05) is 13.0 Å². The van der Waals surface area contributed by atoms with Crippen LogP contribution in [0, 0.1) is 6.92 Å². The van der Waals surface area contributed by atoms with Gasteiger partial charge in [-0.05, 0) is 24.6 Å². The fourth-order valence-corrected chi connectivity index (χ4v) is 1.53. The van der Waals surface area contributed by atoms with Gasteiger partial charge in [0.15, 0.2) is 5.96 Å². The summed E-state index contributed by atoms with van der Waals surface area (Å²) in [6.07, 6.45) is 0. The number of nitrogens with zero attached hydrogens (tertiary/aromatic N) is 2.